The summed E-state index contributed by atoms with van der Waals surface area (Å²) in [5.41, 5.74) is 0.993. The Morgan fingerprint density at radius 3 is 2.40 bits per heavy atom. The third-order valence-electron chi connectivity index (χ3n) is 3.86. The lowest BCUT2D eigenvalue weighted by Crippen LogP contribution is -2.15. The molecule has 0 unspecified atom stereocenters. The van der Waals surface area contributed by atoms with Crippen LogP contribution >= 0.6 is 0 Å². The van der Waals surface area contributed by atoms with Crippen molar-refractivity contribution in [2.24, 2.45) is 0 Å². The van der Waals surface area contributed by atoms with Crippen LogP contribution in [-0.4, -0.2) is 39.3 Å². The maximum Gasteiger partial charge on any atom is 0.344 e. The average Bonchev–Trinajstić information content (AvgIpc) is 2.76. The van der Waals surface area contributed by atoms with Gasteiger partial charge in [-0.3, -0.25) is 4.79 Å². The Labute approximate surface area is 174 Å². The molecule has 0 bridgehead atoms. The molecule has 8 nitrogen and oxygen atoms in total. The van der Waals surface area contributed by atoms with E-state index < -0.39 is 11.9 Å². The van der Waals surface area contributed by atoms with E-state index in [2.05, 4.69) is 5.32 Å². The van der Waals surface area contributed by atoms with Gasteiger partial charge in [0.05, 0.1) is 20.8 Å². The minimum atomic E-state index is -0.552. The van der Waals surface area contributed by atoms with Crippen molar-refractivity contribution in [1.29, 1.82) is 5.26 Å². The van der Waals surface area contributed by atoms with Gasteiger partial charge in [-0.2, -0.15) is 5.26 Å². The molecule has 8 heteroatoms. The Hall–Kier alpha value is -3.99. The summed E-state index contributed by atoms with van der Waals surface area (Å²) in [5, 5.41) is 12.0. The second kappa shape index (κ2) is 11.1. The summed E-state index contributed by atoms with van der Waals surface area (Å²) in [7, 11) is 2.99. The number of carbonyl (C=O) groups is 2. The number of ether oxygens (including phenoxy) is 4. The highest BCUT2D eigenvalue weighted by atomic mass is 16.6. The minimum absolute atomic E-state index is 0.0898. The molecule has 0 spiro atoms. The first-order chi connectivity index (χ1) is 14.5. The van der Waals surface area contributed by atoms with Crippen molar-refractivity contribution >= 4 is 23.6 Å². The predicted octanol–water partition coefficient (Wildman–Crippen LogP) is 3.19. The van der Waals surface area contributed by atoms with Crippen molar-refractivity contribution in [3.05, 3.63) is 53.6 Å². The fourth-order valence-corrected chi connectivity index (χ4v) is 2.42. The molecule has 156 valence electrons. The van der Waals surface area contributed by atoms with Gasteiger partial charge in [0.1, 0.15) is 17.4 Å². The van der Waals surface area contributed by atoms with Gasteiger partial charge >= 0.3 is 5.97 Å². The van der Waals surface area contributed by atoms with Gasteiger partial charge in [-0.25, -0.2) is 4.79 Å². The van der Waals surface area contributed by atoms with Crippen molar-refractivity contribution in [3.8, 4) is 23.3 Å². The molecule has 0 fully saturated rings. The molecule has 0 radical (unpaired) electrons. The topological polar surface area (TPSA) is 107 Å². The van der Waals surface area contributed by atoms with Crippen LogP contribution in [-0.2, 0) is 14.3 Å². The number of nitriles is 1. The molecule has 2 rings (SSSR count). The highest BCUT2D eigenvalue weighted by Gasteiger charge is 2.12. The van der Waals surface area contributed by atoms with E-state index in [-0.39, 0.29) is 18.8 Å². The Kier molecular flexibility index (Phi) is 8.27. The van der Waals surface area contributed by atoms with Crippen molar-refractivity contribution in [2.45, 2.75) is 6.92 Å². The molecule has 2 aromatic rings. The van der Waals surface area contributed by atoms with Crippen LogP contribution in [0.1, 0.15) is 12.5 Å². The number of hydrogen-bond acceptors (Lipinski definition) is 7. The van der Waals surface area contributed by atoms with E-state index in [1.165, 1.54) is 13.2 Å². The standard InChI is InChI=1S/C22H22N2O6/c1-4-29-21(25)14-30-19-10-5-15(12-20(19)28-3)11-16(13-23)22(26)24-17-6-8-18(27-2)9-7-17/h5-12H,4,14H2,1-3H3,(H,24,26)/b16-11-. The summed E-state index contributed by atoms with van der Waals surface area (Å²) in [6.07, 6.45) is 1.43. The molecular formula is C22H22N2O6. The smallest absolute Gasteiger partial charge is 0.344 e. The lowest BCUT2D eigenvalue weighted by Gasteiger charge is -2.11. The molecule has 0 heterocycles. The van der Waals surface area contributed by atoms with Crippen LogP contribution in [0.4, 0.5) is 5.69 Å². The normalized spacial score (nSPS) is 10.5. The lowest BCUT2D eigenvalue weighted by atomic mass is 10.1. The minimum Gasteiger partial charge on any atom is -0.497 e. The Morgan fingerprint density at radius 2 is 1.80 bits per heavy atom. The van der Waals surface area contributed by atoms with Gasteiger partial charge in [-0.05, 0) is 55.0 Å². The van der Waals surface area contributed by atoms with E-state index >= 15 is 0 Å². The molecule has 0 aromatic heterocycles. The first-order valence-electron chi connectivity index (χ1n) is 9.04. The zero-order valence-corrected chi connectivity index (χ0v) is 16.9. The van der Waals surface area contributed by atoms with Gasteiger partial charge in [0.2, 0.25) is 0 Å². The molecule has 1 N–H and O–H groups in total. The highest BCUT2D eigenvalue weighted by molar-refractivity contribution is 6.09. The molecule has 0 aliphatic rings. The number of anilines is 1. The number of amides is 1. The van der Waals surface area contributed by atoms with E-state index in [1.54, 1.807) is 56.5 Å². The molecule has 0 aliphatic heterocycles. The molecular weight excluding hydrogens is 388 g/mol. The van der Waals surface area contributed by atoms with Gasteiger partial charge in [0.15, 0.2) is 18.1 Å². The summed E-state index contributed by atoms with van der Waals surface area (Å²) in [4.78, 5) is 23.9. The van der Waals surface area contributed by atoms with Gasteiger partial charge in [-0.15, -0.1) is 0 Å². The number of hydrogen-bond donors (Lipinski definition) is 1. The van der Waals surface area contributed by atoms with E-state index in [4.69, 9.17) is 18.9 Å². The van der Waals surface area contributed by atoms with Crippen LogP contribution in [0, 0.1) is 11.3 Å². The van der Waals surface area contributed by atoms with Crippen LogP contribution < -0.4 is 19.5 Å². The van der Waals surface area contributed by atoms with Crippen molar-refractivity contribution in [3.63, 3.8) is 0 Å². The molecule has 30 heavy (non-hydrogen) atoms. The quantitative estimate of drug-likeness (QED) is 0.384. The summed E-state index contributed by atoms with van der Waals surface area (Å²) in [6.45, 7) is 1.71. The maximum atomic E-state index is 12.4. The maximum absolute atomic E-state index is 12.4. The largest absolute Gasteiger partial charge is 0.497 e. The van der Waals surface area contributed by atoms with Crippen molar-refractivity contribution in [1.82, 2.24) is 0 Å². The number of nitrogens with one attached hydrogen (secondary N) is 1. The van der Waals surface area contributed by atoms with Crippen LogP contribution in [0.25, 0.3) is 6.08 Å². The van der Waals surface area contributed by atoms with Crippen molar-refractivity contribution in [2.75, 3.05) is 32.8 Å². The van der Waals surface area contributed by atoms with E-state index in [9.17, 15) is 14.9 Å². The number of rotatable bonds is 9. The van der Waals surface area contributed by atoms with Crippen LogP contribution in [0.3, 0.4) is 0 Å². The Balaban J connectivity index is 2.14. The van der Waals surface area contributed by atoms with Gasteiger partial charge in [-0.1, -0.05) is 6.07 Å². The van der Waals surface area contributed by atoms with Gasteiger partial charge in [0.25, 0.3) is 5.91 Å². The zero-order chi connectivity index (χ0) is 21.9. The van der Waals surface area contributed by atoms with Crippen LogP contribution in [0.2, 0.25) is 0 Å². The SMILES string of the molecule is CCOC(=O)COc1ccc(/C=C(/C#N)C(=O)Nc2ccc(OC)cc2)cc1OC. The van der Waals surface area contributed by atoms with Gasteiger partial charge in [0, 0.05) is 5.69 Å². The number of carbonyl (C=O) groups excluding carboxylic acids is 2. The Bertz CT molecular complexity index is 961. The van der Waals surface area contributed by atoms with E-state index in [0.29, 0.717) is 28.5 Å². The van der Waals surface area contributed by atoms with E-state index in [1.807, 2.05) is 6.07 Å². The lowest BCUT2D eigenvalue weighted by molar-refractivity contribution is -0.145. The summed E-state index contributed by atoms with van der Waals surface area (Å²) >= 11 is 0. The molecule has 0 aliphatic carbocycles. The fourth-order valence-electron chi connectivity index (χ4n) is 2.42. The van der Waals surface area contributed by atoms with Crippen molar-refractivity contribution < 1.29 is 28.5 Å². The second-order valence-electron chi connectivity index (χ2n) is 5.86. The predicted molar refractivity (Wildman–Crippen MR) is 110 cm³/mol. The van der Waals surface area contributed by atoms with Crippen LogP contribution in [0.15, 0.2) is 48.0 Å². The fraction of sp³-hybridized carbons (Fsp3) is 0.227. The molecule has 0 saturated heterocycles. The first-order valence-corrected chi connectivity index (χ1v) is 9.04. The van der Waals surface area contributed by atoms with Crippen LogP contribution in [0.5, 0.6) is 17.2 Å². The third kappa shape index (κ3) is 6.27. The van der Waals surface area contributed by atoms with Gasteiger partial charge < -0.3 is 24.3 Å². The number of methoxy groups -OCH3 is 2. The third-order valence-corrected chi connectivity index (χ3v) is 3.86. The number of esters is 1. The number of nitrogens with zero attached hydrogens (tertiary/aromatic N) is 1. The highest BCUT2D eigenvalue weighted by Crippen LogP contribution is 2.29. The molecule has 2 aromatic carbocycles. The summed E-state index contributed by atoms with van der Waals surface area (Å²) in [6, 6.07) is 13.5. The Morgan fingerprint density at radius 1 is 1.07 bits per heavy atom. The summed E-state index contributed by atoms with van der Waals surface area (Å²) < 4.78 is 20.6. The molecule has 0 saturated carbocycles. The average molecular weight is 410 g/mol. The monoisotopic (exact) mass is 410 g/mol. The zero-order valence-electron chi connectivity index (χ0n) is 16.9. The first kappa shape index (κ1) is 22.3. The van der Waals surface area contributed by atoms with E-state index in [0.717, 1.165) is 0 Å². The number of benzene rings is 2. The molecule has 0 atom stereocenters. The molecule has 1 amide bonds. The summed E-state index contributed by atoms with van der Waals surface area (Å²) in [5.74, 6) is 0.293. The second-order valence-corrected chi connectivity index (χ2v) is 5.86.